The minimum atomic E-state index is -1.23. The third kappa shape index (κ3) is 4.17. The maximum atomic E-state index is 13.4. The molecule has 1 aliphatic carbocycles. The minimum Gasteiger partial charge on any atom is -0.496 e. The van der Waals surface area contributed by atoms with E-state index in [2.05, 4.69) is 41.9 Å². The number of fused-ring (bicyclic) bond motifs is 2. The van der Waals surface area contributed by atoms with Crippen LogP contribution in [0.4, 0.5) is 5.69 Å². The van der Waals surface area contributed by atoms with Crippen molar-refractivity contribution in [3.05, 3.63) is 88.9 Å². The highest BCUT2D eigenvalue weighted by atomic mass is 16.6. The van der Waals surface area contributed by atoms with Gasteiger partial charge in [0.25, 0.3) is 0 Å². The lowest BCUT2D eigenvalue weighted by molar-refractivity contribution is 0.0239. The molecule has 39 heavy (non-hydrogen) atoms. The number of benzene rings is 2. The summed E-state index contributed by atoms with van der Waals surface area (Å²) in [7, 11) is 1.68. The highest BCUT2D eigenvalue weighted by molar-refractivity contribution is 5.98. The van der Waals surface area contributed by atoms with E-state index in [9.17, 15) is 4.79 Å². The highest BCUT2D eigenvalue weighted by Gasteiger charge is 2.53. The largest absolute Gasteiger partial charge is 0.496 e. The van der Waals surface area contributed by atoms with E-state index in [1.165, 1.54) is 38.5 Å². The molecule has 6 rings (SSSR count). The number of aryl methyl sites for hydroxylation is 1. The maximum Gasteiger partial charge on any atom is 0.341 e. The Kier molecular flexibility index (Phi) is 6.79. The van der Waals surface area contributed by atoms with Gasteiger partial charge in [-0.05, 0) is 56.5 Å². The van der Waals surface area contributed by atoms with Crippen molar-refractivity contribution in [2.45, 2.75) is 64.5 Å². The first-order valence-corrected chi connectivity index (χ1v) is 14.3. The fraction of sp³-hybridized carbons (Fsp3) is 0.394. The molecule has 4 aromatic rings. The number of anilines is 1. The Morgan fingerprint density at radius 1 is 1.10 bits per heavy atom. The Balaban J connectivity index is 1.48. The number of para-hydroxylation sites is 1. The number of carbonyl (C=O) groups is 1. The van der Waals surface area contributed by atoms with E-state index in [0.29, 0.717) is 17.0 Å². The number of nitrogens with one attached hydrogen (secondary N) is 1. The second kappa shape index (κ2) is 10.4. The van der Waals surface area contributed by atoms with Crippen molar-refractivity contribution in [1.29, 1.82) is 0 Å². The van der Waals surface area contributed by atoms with Crippen LogP contribution in [-0.4, -0.2) is 29.2 Å². The van der Waals surface area contributed by atoms with E-state index >= 15 is 0 Å². The van der Waals surface area contributed by atoms with Crippen LogP contribution in [0.2, 0.25) is 0 Å². The average molecular weight is 524 g/mol. The molecular weight excluding hydrogens is 486 g/mol. The van der Waals surface area contributed by atoms with Crippen LogP contribution >= 0.6 is 0 Å². The first-order valence-electron chi connectivity index (χ1n) is 14.3. The number of nitrogens with zero attached hydrogens (tertiary/aromatic N) is 2. The topological polar surface area (TPSA) is 65.4 Å². The summed E-state index contributed by atoms with van der Waals surface area (Å²) in [5.41, 5.74) is 4.71. The zero-order valence-electron chi connectivity index (χ0n) is 23.1. The van der Waals surface area contributed by atoms with E-state index in [4.69, 9.17) is 14.5 Å². The Labute approximate surface area is 230 Å². The number of methoxy groups -OCH3 is 1. The van der Waals surface area contributed by atoms with Gasteiger partial charge in [0, 0.05) is 58.8 Å². The quantitative estimate of drug-likeness (QED) is 0.247. The molecule has 6 nitrogen and oxygen atoms in total. The van der Waals surface area contributed by atoms with Crippen molar-refractivity contribution < 1.29 is 14.3 Å². The molecule has 1 aliphatic heterocycles. The SMILES string of the molecule is CCn1c(C)c(C2(c3ccc(NCCC4CCCCC4)cc3OC)OC(=O)c3cccnc32)c2ccccc21. The summed E-state index contributed by atoms with van der Waals surface area (Å²) in [6.07, 6.45) is 9.69. The van der Waals surface area contributed by atoms with Gasteiger partial charge in [-0.25, -0.2) is 4.79 Å². The monoisotopic (exact) mass is 523 g/mol. The van der Waals surface area contributed by atoms with E-state index in [0.717, 1.165) is 52.4 Å². The Bertz CT molecular complexity index is 1520. The molecule has 2 aromatic heterocycles. The van der Waals surface area contributed by atoms with Crippen LogP contribution in [0.5, 0.6) is 5.75 Å². The summed E-state index contributed by atoms with van der Waals surface area (Å²) in [6.45, 7) is 5.97. The van der Waals surface area contributed by atoms with Crippen LogP contribution in [0.25, 0.3) is 10.9 Å². The molecule has 3 heterocycles. The lowest BCUT2D eigenvalue weighted by Crippen LogP contribution is -2.32. The zero-order valence-corrected chi connectivity index (χ0v) is 23.1. The normalized spacial score (nSPS) is 19.2. The first-order chi connectivity index (χ1) is 19.1. The first kappa shape index (κ1) is 25.5. The lowest BCUT2D eigenvalue weighted by atomic mass is 9.80. The van der Waals surface area contributed by atoms with Gasteiger partial charge in [0.15, 0.2) is 0 Å². The molecule has 1 saturated carbocycles. The third-order valence-electron chi connectivity index (χ3n) is 8.69. The molecule has 2 aliphatic rings. The van der Waals surface area contributed by atoms with Crippen LogP contribution in [0.3, 0.4) is 0 Å². The van der Waals surface area contributed by atoms with Gasteiger partial charge in [-0.3, -0.25) is 4.98 Å². The Morgan fingerprint density at radius 3 is 2.72 bits per heavy atom. The van der Waals surface area contributed by atoms with E-state index in [1.54, 1.807) is 25.4 Å². The molecule has 0 bridgehead atoms. The predicted molar refractivity (Wildman–Crippen MR) is 155 cm³/mol. The van der Waals surface area contributed by atoms with Gasteiger partial charge in [-0.15, -0.1) is 0 Å². The summed E-state index contributed by atoms with van der Waals surface area (Å²) >= 11 is 0. The standard InChI is InChI=1S/C33H37N3O3/c1-4-36-22(2)30(25-13-8-9-15-28(25)36)33(31-26(32(37)39-33)14-10-19-35-31)27-17-16-24(21-29(27)38-3)34-20-18-23-11-6-5-7-12-23/h8-10,13-17,19,21,23,34H,4-7,11-12,18,20H2,1-3H3. The minimum absolute atomic E-state index is 0.373. The fourth-order valence-electron chi connectivity index (χ4n) is 6.85. The van der Waals surface area contributed by atoms with Gasteiger partial charge < -0.3 is 19.4 Å². The zero-order chi connectivity index (χ0) is 27.0. The fourth-order valence-corrected chi connectivity index (χ4v) is 6.85. The molecule has 0 saturated heterocycles. The van der Waals surface area contributed by atoms with Crippen molar-refractivity contribution in [1.82, 2.24) is 9.55 Å². The third-order valence-corrected chi connectivity index (χ3v) is 8.69. The van der Waals surface area contributed by atoms with E-state index in [-0.39, 0.29) is 5.97 Å². The lowest BCUT2D eigenvalue weighted by Gasteiger charge is -2.31. The molecule has 2 aromatic carbocycles. The second-order valence-corrected chi connectivity index (χ2v) is 10.8. The van der Waals surface area contributed by atoms with E-state index in [1.807, 2.05) is 24.3 Å². The van der Waals surface area contributed by atoms with Gasteiger partial charge >= 0.3 is 5.97 Å². The van der Waals surface area contributed by atoms with Gasteiger partial charge in [0.05, 0.1) is 12.7 Å². The van der Waals surface area contributed by atoms with Crippen molar-refractivity contribution >= 4 is 22.6 Å². The van der Waals surface area contributed by atoms with Gasteiger partial charge in [-0.2, -0.15) is 0 Å². The van der Waals surface area contributed by atoms with Gasteiger partial charge in [-0.1, -0.05) is 50.3 Å². The molecule has 0 radical (unpaired) electrons. The molecule has 0 spiro atoms. The molecule has 1 N–H and O–H groups in total. The molecule has 6 heteroatoms. The average Bonchev–Trinajstić information content (AvgIpc) is 3.44. The van der Waals surface area contributed by atoms with Crippen molar-refractivity contribution in [3.63, 3.8) is 0 Å². The van der Waals surface area contributed by atoms with Crippen molar-refractivity contribution in [3.8, 4) is 5.75 Å². The summed E-state index contributed by atoms with van der Waals surface area (Å²) in [5, 5.41) is 4.65. The number of carbonyl (C=O) groups excluding carboxylic acids is 1. The van der Waals surface area contributed by atoms with Crippen LogP contribution < -0.4 is 10.1 Å². The van der Waals surface area contributed by atoms with Crippen LogP contribution in [-0.2, 0) is 16.9 Å². The summed E-state index contributed by atoms with van der Waals surface area (Å²) in [6, 6.07) is 18.0. The maximum absolute atomic E-state index is 13.4. The highest BCUT2D eigenvalue weighted by Crippen LogP contribution is 2.52. The van der Waals surface area contributed by atoms with Gasteiger partial charge in [0.1, 0.15) is 11.4 Å². The van der Waals surface area contributed by atoms with Gasteiger partial charge in [0.2, 0.25) is 5.60 Å². The number of cyclic esters (lactones) is 1. The van der Waals surface area contributed by atoms with Crippen LogP contribution in [0, 0.1) is 12.8 Å². The van der Waals surface area contributed by atoms with Crippen LogP contribution in [0.1, 0.15) is 78.3 Å². The number of esters is 1. The van der Waals surface area contributed by atoms with Crippen LogP contribution in [0.15, 0.2) is 60.8 Å². The molecule has 1 fully saturated rings. The number of hydrogen-bond donors (Lipinski definition) is 1. The molecule has 0 amide bonds. The number of hydrogen-bond acceptors (Lipinski definition) is 5. The molecular formula is C33H37N3O3. The number of ether oxygens (including phenoxy) is 2. The Morgan fingerprint density at radius 2 is 1.92 bits per heavy atom. The summed E-state index contributed by atoms with van der Waals surface area (Å²) < 4.78 is 14.7. The Hall–Kier alpha value is -3.80. The predicted octanol–water partition coefficient (Wildman–Crippen LogP) is 7.22. The summed E-state index contributed by atoms with van der Waals surface area (Å²) in [5.74, 6) is 1.11. The summed E-state index contributed by atoms with van der Waals surface area (Å²) in [4.78, 5) is 18.2. The molecule has 1 atom stereocenters. The number of rotatable bonds is 8. The number of pyridine rings is 1. The second-order valence-electron chi connectivity index (χ2n) is 10.8. The van der Waals surface area contributed by atoms with Crippen molar-refractivity contribution in [2.24, 2.45) is 5.92 Å². The molecule has 1 unspecified atom stereocenters. The van der Waals surface area contributed by atoms with Crippen molar-refractivity contribution in [2.75, 3.05) is 19.0 Å². The van der Waals surface area contributed by atoms with E-state index < -0.39 is 5.60 Å². The smallest absolute Gasteiger partial charge is 0.341 e. The number of aromatic nitrogens is 2. The molecule has 202 valence electrons.